The summed E-state index contributed by atoms with van der Waals surface area (Å²) in [6.07, 6.45) is 0.954. The summed E-state index contributed by atoms with van der Waals surface area (Å²) in [5.74, 6) is -0.728. The van der Waals surface area contributed by atoms with Gasteiger partial charge in [0.05, 0.1) is 6.29 Å². The molecule has 0 aromatic rings. The Morgan fingerprint density at radius 2 is 2.19 bits per heavy atom. The second-order valence-corrected chi connectivity index (χ2v) is 5.66. The van der Waals surface area contributed by atoms with E-state index in [2.05, 4.69) is 10.6 Å². The molecule has 1 aliphatic heterocycles. The number of hydrogen-bond acceptors (Lipinski definition) is 4. The number of nitrogens with one attached hydrogen (secondary N) is 2. The van der Waals surface area contributed by atoms with Gasteiger partial charge in [0.1, 0.15) is 6.04 Å². The van der Waals surface area contributed by atoms with E-state index in [1.165, 1.54) is 0 Å². The molecule has 5 N–H and O–H groups in total. The first-order valence-electron chi connectivity index (χ1n) is 5.10. The highest BCUT2D eigenvalue weighted by Gasteiger charge is 2.26. The van der Waals surface area contributed by atoms with Gasteiger partial charge in [-0.25, -0.2) is 0 Å². The number of piperidine rings is 1. The first kappa shape index (κ1) is 13.6. The van der Waals surface area contributed by atoms with E-state index in [1.807, 2.05) is 0 Å². The number of hydrogen-bond donors (Lipinski definition) is 5. The van der Waals surface area contributed by atoms with Crippen LogP contribution in [0.4, 0.5) is 0 Å². The predicted molar refractivity (Wildman–Crippen MR) is 57.1 cm³/mol. The molecule has 16 heavy (non-hydrogen) atoms. The fraction of sp³-hybridized carbons (Fsp3) is 0.875. The van der Waals surface area contributed by atoms with Gasteiger partial charge < -0.3 is 25.5 Å². The maximum atomic E-state index is 10.7. The molecule has 1 saturated heterocycles. The number of rotatable bonds is 5. The molecule has 0 bridgehead atoms. The van der Waals surface area contributed by atoms with Crippen molar-refractivity contribution in [1.29, 1.82) is 0 Å². The third-order valence-corrected chi connectivity index (χ3v) is 3.20. The Hall–Kier alpha value is -0.460. The van der Waals surface area contributed by atoms with Crippen LogP contribution in [0.1, 0.15) is 12.8 Å². The van der Waals surface area contributed by atoms with Crippen molar-refractivity contribution in [3.05, 3.63) is 0 Å². The average molecular weight is 252 g/mol. The Bertz CT molecular complexity index is 292. The Morgan fingerprint density at radius 3 is 2.75 bits per heavy atom. The van der Waals surface area contributed by atoms with Crippen molar-refractivity contribution in [3.8, 4) is 0 Å². The van der Waals surface area contributed by atoms with Crippen molar-refractivity contribution in [2.45, 2.75) is 18.9 Å². The number of carboxylic acid groups (broad SMARTS) is 1. The molecule has 0 aromatic carbocycles. The Kier molecular flexibility index (Phi) is 4.89. The third kappa shape index (κ3) is 5.05. The van der Waals surface area contributed by atoms with Crippen LogP contribution in [0.2, 0.25) is 0 Å². The number of aliphatic carboxylic acids is 1. The summed E-state index contributed by atoms with van der Waals surface area (Å²) < 4.78 is 10.6. The molecule has 8 heteroatoms. The molecule has 1 fully saturated rings. The fourth-order valence-electron chi connectivity index (χ4n) is 1.78. The van der Waals surface area contributed by atoms with Crippen molar-refractivity contribution in [2.75, 3.05) is 19.4 Å². The average Bonchev–Trinajstić information content (AvgIpc) is 2.16. The van der Waals surface area contributed by atoms with E-state index in [4.69, 9.17) is 14.9 Å². The minimum atomic E-state index is -4.01. The lowest BCUT2D eigenvalue weighted by molar-refractivity contribution is -0.140. The second kappa shape index (κ2) is 5.75. The molecule has 0 saturated carbocycles. The van der Waals surface area contributed by atoms with Crippen LogP contribution in [0.25, 0.3) is 0 Å². The molecule has 7 nitrogen and oxygen atoms in total. The molecule has 0 spiro atoms. The van der Waals surface area contributed by atoms with Gasteiger partial charge in [0.25, 0.3) is 0 Å². The van der Waals surface area contributed by atoms with Crippen molar-refractivity contribution in [1.82, 2.24) is 10.6 Å². The summed E-state index contributed by atoms with van der Waals surface area (Å²) in [5, 5.41) is 14.3. The lowest BCUT2D eigenvalue weighted by atomic mass is 9.92. The maximum absolute atomic E-state index is 10.7. The summed E-state index contributed by atoms with van der Waals surface area (Å²) in [6, 6.07) is -0.546. The van der Waals surface area contributed by atoms with Crippen LogP contribution in [0.3, 0.4) is 0 Å². The minimum absolute atomic E-state index is 0.147. The summed E-state index contributed by atoms with van der Waals surface area (Å²) in [4.78, 5) is 28.0. The molecule has 94 valence electrons. The SMILES string of the molecule is O=C(O)[C@@H]1C[C@H](CNCP(=O)(O)O)CCN1. The van der Waals surface area contributed by atoms with Crippen LogP contribution in [0.15, 0.2) is 0 Å². The molecule has 1 heterocycles. The summed E-state index contributed by atoms with van der Waals surface area (Å²) in [6.45, 7) is 1.07. The molecular weight excluding hydrogens is 235 g/mol. The highest BCUT2D eigenvalue weighted by molar-refractivity contribution is 7.51. The maximum Gasteiger partial charge on any atom is 0.339 e. The first-order chi connectivity index (χ1) is 7.38. The zero-order valence-electron chi connectivity index (χ0n) is 8.80. The first-order valence-corrected chi connectivity index (χ1v) is 6.90. The van der Waals surface area contributed by atoms with Gasteiger partial charge in [-0.15, -0.1) is 0 Å². The highest BCUT2D eigenvalue weighted by atomic mass is 31.2. The monoisotopic (exact) mass is 252 g/mol. The lowest BCUT2D eigenvalue weighted by Crippen LogP contribution is -2.45. The number of carbonyl (C=O) groups is 1. The molecule has 2 atom stereocenters. The summed E-state index contributed by atoms with van der Waals surface area (Å²) in [5.41, 5.74) is 0. The van der Waals surface area contributed by atoms with Crippen LogP contribution >= 0.6 is 7.60 Å². The van der Waals surface area contributed by atoms with E-state index in [-0.39, 0.29) is 12.2 Å². The molecule has 0 amide bonds. The van der Waals surface area contributed by atoms with Crippen LogP contribution in [0, 0.1) is 5.92 Å². The van der Waals surface area contributed by atoms with E-state index in [0.717, 1.165) is 6.42 Å². The molecular formula is C8H17N2O5P. The van der Waals surface area contributed by atoms with Crippen LogP contribution in [-0.4, -0.2) is 46.3 Å². The Balaban J connectivity index is 2.27. The number of carboxylic acids is 1. The quantitative estimate of drug-likeness (QED) is 0.405. The summed E-state index contributed by atoms with van der Waals surface area (Å²) >= 11 is 0. The van der Waals surface area contributed by atoms with Gasteiger partial charge in [-0.2, -0.15) is 0 Å². The zero-order chi connectivity index (χ0) is 12.2. The standard InChI is InChI=1S/C8H17N2O5P/c11-8(12)7-3-6(1-2-10-7)4-9-5-16(13,14)15/h6-7,9-10H,1-5H2,(H,11,12)(H2,13,14,15)/t6-,7+/m1/s1. The molecule has 0 aliphatic carbocycles. The molecule has 1 rings (SSSR count). The molecule has 1 aliphatic rings. The van der Waals surface area contributed by atoms with Gasteiger partial charge in [0.15, 0.2) is 0 Å². The second-order valence-electron chi connectivity index (χ2n) is 4.01. The normalized spacial score (nSPS) is 26.6. The Labute approximate surface area is 93.4 Å². The highest BCUT2D eigenvalue weighted by Crippen LogP contribution is 2.32. The Morgan fingerprint density at radius 1 is 1.50 bits per heavy atom. The van der Waals surface area contributed by atoms with E-state index < -0.39 is 19.6 Å². The van der Waals surface area contributed by atoms with Gasteiger partial charge >= 0.3 is 13.6 Å². The molecule has 0 unspecified atom stereocenters. The summed E-state index contributed by atoms with van der Waals surface area (Å²) in [7, 11) is -4.01. The van der Waals surface area contributed by atoms with E-state index in [1.54, 1.807) is 0 Å². The van der Waals surface area contributed by atoms with Crippen molar-refractivity contribution < 1.29 is 24.3 Å². The fourth-order valence-corrected chi connectivity index (χ4v) is 2.20. The van der Waals surface area contributed by atoms with Crippen LogP contribution in [0.5, 0.6) is 0 Å². The third-order valence-electron chi connectivity index (χ3n) is 2.56. The van der Waals surface area contributed by atoms with Crippen molar-refractivity contribution >= 4 is 13.6 Å². The van der Waals surface area contributed by atoms with Gasteiger partial charge in [-0.1, -0.05) is 0 Å². The van der Waals surface area contributed by atoms with Crippen molar-refractivity contribution in [3.63, 3.8) is 0 Å². The zero-order valence-corrected chi connectivity index (χ0v) is 9.69. The van der Waals surface area contributed by atoms with E-state index in [9.17, 15) is 9.36 Å². The van der Waals surface area contributed by atoms with Gasteiger partial charge in [0.2, 0.25) is 0 Å². The van der Waals surface area contributed by atoms with Gasteiger partial charge in [0, 0.05) is 0 Å². The van der Waals surface area contributed by atoms with Gasteiger partial charge in [-0.3, -0.25) is 9.36 Å². The largest absolute Gasteiger partial charge is 0.480 e. The lowest BCUT2D eigenvalue weighted by Gasteiger charge is -2.27. The van der Waals surface area contributed by atoms with E-state index >= 15 is 0 Å². The minimum Gasteiger partial charge on any atom is -0.480 e. The molecule has 0 aromatic heterocycles. The van der Waals surface area contributed by atoms with Gasteiger partial charge in [-0.05, 0) is 31.8 Å². The van der Waals surface area contributed by atoms with E-state index in [0.29, 0.717) is 19.5 Å². The smallest absolute Gasteiger partial charge is 0.339 e. The van der Waals surface area contributed by atoms with Crippen LogP contribution in [-0.2, 0) is 9.36 Å². The topological polar surface area (TPSA) is 119 Å². The predicted octanol–water partition coefficient (Wildman–Crippen LogP) is -0.836. The van der Waals surface area contributed by atoms with Crippen LogP contribution < -0.4 is 10.6 Å². The molecule has 0 radical (unpaired) electrons. The van der Waals surface area contributed by atoms with Crippen molar-refractivity contribution in [2.24, 2.45) is 5.92 Å².